The van der Waals surface area contributed by atoms with Crippen molar-refractivity contribution in [2.24, 2.45) is 0 Å². The molecular weight excluding hydrogens is 301 g/mol. The molecule has 6 heteroatoms. The third-order valence-corrected chi connectivity index (χ3v) is 3.43. The number of halogens is 1. The van der Waals surface area contributed by atoms with Crippen molar-refractivity contribution in [2.45, 2.75) is 13.1 Å². The van der Waals surface area contributed by atoms with Gasteiger partial charge in [-0.1, -0.05) is 36.2 Å². The predicted molar refractivity (Wildman–Crippen MR) is 88.2 cm³/mol. The molecule has 0 saturated heterocycles. The highest BCUT2D eigenvalue weighted by Gasteiger charge is 1.97. The van der Waals surface area contributed by atoms with E-state index in [0.717, 1.165) is 19.3 Å². The number of pyridine rings is 1. The zero-order chi connectivity index (χ0) is 15.6. The fourth-order valence-corrected chi connectivity index (χ4v) is 2.15. The Morgan fingerprint density at radius 2 is 1.82 bits per heavy atom. The number of rotatable bonds is 9. The molecule has 0 aliphatic carbocycles. The number of hydrogen-bond acceptors (Lipinski definition) is 5. The largest absolute Gasteiger partial charge is 0.476 e. The van der Waals surface area contributed by atoms with E-state index in [2.05, 4.69) is 39.3 Å². The standard InChI is InChI=1S/C16H20FN3OS/c1-22-20-11-14-4-2-13(3-5-14)10-18-8-9-21-16-7-6-15(17)12-19-16/h2-7,12,18,20H,8-11H2,1H3. The summed E-state index contributed by atoms with van der Waals surface area (Å²) in [6, 6.07) is 11.3. The van der Waals surface area contributed by atoms with Crippen LogP contribution >= 0.6 is 11.9 Å². The minimum Gasteiger partial charge on any atom is -0.476 e. The lowest BCUT2D eigenvalue weighted by atomic mass is 10.1. The van der Waals surface area contributed by atoms with Crippen LogP contribution in [0.25, 0.3) is 0 Å². The maximum atomic E-state index is 12.7. The van der Waals surface area contributed by atoms with Crippen LogP contribution in [0, 0.1) is 5.82 Å². The number of nitrogens with one attached hydrogen (secondary N) is 2. The van der Waals surface area contributed by atoms with Crippen LogP contribution in [-0.4, -0.2) is 24.4 Å². The molecule has 0 spiro atoms. The highest BCUT2D eigenvalue weighted by atomic mass is 32.2. The molecular formula is C16H20FN3OS. The average Bonchev–Trinajstić information content (AvgIpc) is 2.55. The van der Waals surface area contributed by atoms with Gasteiger partial charge in [0.05, 0.1) is 6.20 Å². The van der Waals surface area contributed by atoms with E-state index >= 15 is 0 Å². The van der Waals surface area contributed by atoms with Gasteiger partial charge in [-0.3, -0.25) is 4.72 Å². The number of ether oxygens (including phenoxy) is 1. The molecule has 4 nitrogen and oxygen atoms in total. The average molecular weight is 321 g/mol. The predicted octanol–water partition coefficient (Wildman–Crippen LogP) is 2.76. The Balaban J connectivity index is 1.63. The quantitative estimate of drug-likeness (QED) is 0.549. The van der Waals surface area contributed by atoms with Gasteiger partial charge in [-0.25, -0.2) is 9.37 Å². The second-order valence-electron chi connectivity index (χ2n) is 4.68. The number of hydrogen-bond donors (Lipinski definition) is 2. The van der Waals surface area contributed by atoms with Gasteiger partial charge >= 0.3 is 0 Å². The molecule has 2 aromatic rings. The molecule has 2 N–H and O–H groups in total. The minimum absolute atomic E-state index is 0.360. The Morgan fingerprint density at radius 3 is 2.45 bits per heavy atom. The molecule has 0 bridgehead atoms. The third-order valence-electron chi connectivity index (χ3n) is 3.00. The zero-order valence-electron chi connectivity index (χ0n) is 12.5. The number of aromatic nitrogens is 1. The third kappa shape index (κ3) is 6.01. The van der Waals surface area contributed by atoms with E-state index in [-0.39, 0.29) is 5.82 Å². The molecule has 0 amide bonds. The van der Waals surface area contributed by atoms with Crippen LogP contribution in [0.1, 0.15) is 11.1 Å². The highest BCUT2D eigenvalue weighted by Crippen LogP contribution is 2.06. The van der Waals surface area contributed by atoms with Gasteiger partial charge in [-0.2, -0.15) is 0 Å². The minimum atomic E-state index is -0.360. The van der Waals surface area contributed by atoms with Crippen LogP contribution in [0.5, 0.6) is 5.88 Å². The molecule has 1 aromatic carbocycles. The maximum Gasteiger partial charge on any atom is 0.213 e. The summed E-state index contributed by atoms with van der Waals surface area (Å²) in [5.74, 6) is 0.0792. The summed E-state index contributed by atoms with van der Waals surface area (Å²) in [6.07, 6.45) is 3.16. The smallest absolute Gasteiger partial charge is 0.213 e. The molecule has 0 aliphatic heterocycles. The van der Waals surface area contributed by atoms with Gasteiger partial charge < -0.3 is 10.1 Å². The van der Waals surface area contributed by atoms with E-state index < -0.39 is 0 Å². The van der Waals surface area contributed by atoms with Crippen molar-refractivity contribution in [1.82, 2.24) is 15.0 Å². The lowest BCUT2D eigenvalue weighted by Gasteiger charge is -2.08. The van der Waals surface area contributed by atoms with Gasteiger partial charge in [0.1, 0.15) is 12.4 Å². The second-order valence-corrected chi connectivity index (χ2v) is 5.38. The molecule has 0 radical (unpaired) electrons. The van der Waals surface area contributed by atoms with Gasteiger partial charge in [0.25, 0.3) is 0 Å². The van der Waals surface area contributed by atoms with Crippen LogP contribution in [0.2, 0.25) is 0 Å². The van der Waals surface area contributed by atoms with E-state index in [1.54, 1.807) is 11.9 Å². The van der Waals surface area contributed by atoms with Crippen molar-refractivity contribution in [3.05, 3.63) is 59.5 Å². The summed E-state index contributed by atoms with van der Waals surface area (Å²) < 4.78 is 21.3. The fraction of sp³-hybridized carbons (Fsp3) is 0.312. The Hall–Kier alpha value is -1.63. The fourth-order valence-electron chi connectivity index (χ4n) is 1.84. The first-order chi connectivity index (χ1) is 10.8. The normalized spacial score (nSPS) is 10.6. The Bertz CT molecular complexity index is 548. The summed E-state index contributed by atoms with van der Waals surface area (Å²) in [5.41, 5.74) is 2.50. The number of nitrogens with zero attached hydrogens (tertiary/aromatic N) is 1. The van der Waals surface area contributed by atoms with Crippen molar-refractivity contribution in [1.29, 1.82) is 0 Å². The molecule has 118 valence electrons. The van der Waals surface area contributed by atoms with E-state index in [1.165, 1.54) is 23.3 Å². The molecule has 0 aliphatic rings. The van der Waals surface area contributed by atoms with Gasteiger partial charge in [0.2, 0.25) is 5.88 Å². The van der Waals surface area contributed by atoms with Crippen LogP contribution in [0.3, 0.4) is 0 Å². The zero-order valence-corrected chi connectivity index (χ0v) is 13.3. The summed E-state index contributed by atoms with van der Waals surface area (Å²) >= 11 is 1.62. The summed E-state index contributed by atoms with van der Waals surface area (Å²) in [4.78, 5) is 3.84. The molecule has 0 unspecified atom stereocenters. The monoisotopic (exact) mass is 321 g/mol. The summed E-state index contributed by atoms with van der Waals surface area (Å²) in [7, 11) is 0. The first kappa shape index (κ1) is 16.7. The lowest BCUT2D eigenvalue weighted by molar-refractivity contribution is 0.301. The molecule has 0 atom stereocenters. The van der Waals surface area contributed by atoms with Crippen molar-refractivity contribution in [3.8, 4) is 5.88 Å². The molecule has 22 heavy (non-hydrogen) atoms. The highest BCUT2D eigenvalue weighted by molar-refractivity contribution is 7.96. The van der Waals surface area contributed by atoms with Gasteiger partial charge in [-0.15, -0.1) is 0 Å². The van der Waals surface area contributed by atoms with Crippen LogP contribution in [0.4, 0.5) is 4.39 Å². The Morgan fingerprint density at radius 1 is 1.09 bits per heavy atom. The first-order valence-corrected chi connectivity index (χ1v) is 8.29. The first-order valence-electron chi connectivity index (χ1n) is 7.06. The maximum absolute atomic E-state index is 12.7. The van der Waals surface area contributed by atoms with E-state index in [4.69, 9.17) is 4.74 Å². The number of benzene rings is 1. The molecule has 0 saturated carbocycles. The van der Waals surface area contributed by atoms with Crippen molar-refractivity contribution in [2.75, 3.05) is 19.4 Å². The lowest BCUT2D eigenvalue weighted by Crippen LogP contribution is -2.20. The summed E-state index contributed by atoms with van der Waals surface area (Å²) in [5, 5.41) is 3.30. The van der Waals surface area contributed by atoms with Crippen molar-refractivity contribution >= 4 is 11.9 Å². The van der Waals surface area contributed by atoms with Gasteiger partial charge in [-0.05, 0) is 23.4 Å². The molecule has 0 fully saturated rings. The van der Waals surface area contributed by atoms with E-state index in [9.17, 15) is 4.39 Å². The van der Waals surface area contributed by atoms with Crippen LogP contribution in [-0.2, 0) is 13.1 Å². The Kier molecular flexibility index (Phi) is 7.15. The SMILES string of the molecule is CSNCc1ccc(CNCCOc2ccc(F)cn2)cc1. The van der Waals surface area contributed by atoms with E-state index in [1.807, 2.05) is 6.26 Å². The van der Waals surface area contributed by atoms with Gasteiger partial charge in [0, 0.05) is 25.7 Å². The topological polar surface area (TPSA) is 46.2 Å². The molecule has 1 heterocycles. The second kappa shape index (κ2) is 9.40. The molecule has 2 rings (SSSR count). The van der Waals surface area contributed by atoms with Crippen molar-refractivity contribution in [3.63, 3.8) is 0 Å². The molecule has 1 aromatic heterocycles. The Labute approximate surface area is 134 Å². The van der Waals surface area contributed by atoms with E-state index in [0.29, 0.717) is 19.0 Å². The van der Waals surface area contributed by atoms with Gasteiger partial charge in [0.15, 0.2) is 0 Å². The van der Waals surface area contributed by atoms with Crippen molar-refractivity contribution < 1.29 is 9.13 Å². The van der Waals surface area contributed by atoms with Crippen LogP contribution < -0.4 is 14.8 Å². The van der Waals surface area contributed by atoms with Crippen LogP contribution in [0.15, 0.2) is 42.6 Å². The summed E-state index contributed by atoms with van der Waals surface area (Å²) in [6.45, 7) is 2.85.